The molecule has 0 spiro atoms. The minimum atomic E-state index is -0.541. The molecule has 1 aromatic rings. The molecule has 3 atom stereocenters. The number of rotatable bonds is 5. The van der Waals surface area contributed by atoms with E-state index in [0.29, 0.717) is 24.3 Å². The lowest BCUT2D eigenvalue weighted by Crippen LogP contribution is -2.47. The van der Waals surface area contributed by atoms with Gasteiger partial charge >= 0.3 is 0 Å². The molecule has 2 fully saturated rings. The molecule has 2 saturated heterocycles. The molecule has 148 valence electrons. The van der Waals surface area contributed by atoms with E-state index in [1.54, 1.807) is 12.1 Å². The topological polar surface area (TPSA) is 92.5 Å². The highest BCUT2D eigenvalue weighted by Crippen LogP contribution is 2.33. The molecule has 1 amide bonds. The number of fused-ring (bicyclic) bond motifs is 1. The van der Waals surface area contributed by atoms with Crippen LogP contribution in [-0.2, 0) is 22.4 Å². The van der Waals surface area contributed by atoms with E-state index in [0.717, 1.165) is 43.5 Å². The Morgan fingerprint density at radius 1 is 1.21 bits per heavy atom. The van der Waals surface area contributed by atoms with Gasteiger partial charge in [0.2, 0.25) is 5.91 Å². The normalized spacial score (nSPS) is 26.5. The van der Waals surface area contributed by atoms with E-state index in [4.69, 9.17) is 12.2 Å². The van der Waals surface area contributed by atoms with Gasteiger partial charge in [-0.1, -0.05) is 18.3 Å². The summed E-state index contributed by atoms with van der Waals surface area (Å²) < 4.78 is 0. The highest BCUT2D eigenvalue weighted by atomic mass is 32.1. The second-order valence-corrected chi connectivity index (χ2v) is 8.51. The maximum absolute atomic E-state index is 13.1. The molecule has 2 aliphatic heterocycles. The van der Waals surface area contributed by atoms with Gasteiger partial charge in [-0.25, -0.2) is 0 Å². The smallest absolute Gasteiger partial charge is 0.269 e. The number of hydrogen-bond donors (Lipinski definition) is 1. The number of Topliss-reactive ketones (excluding diaryl/α,β-unsaturated/α-hetero) is 1. The van der Waals surface area contributed by atoms with Gasteiger partial charge in [0.1, 0.15) is 11.8 Å². The third kappa shape index (κ3) is 3.58. The zero-order valence-corrected chi connectivity index (χ0v) is 16.4. The van der Waals surface area contributed by atoms with Gasteiger partial charge in [0.15, 0.2) is 0 Å². The molecule has 0 radical (unpaired) electrons. The summed E-state index contributed by atoms with van der Waals surface area (Å²) in [4.78, 5) is 38.9. The zero-order valence-electron chi connectivity index (χ0n) is 15.6. The lowest BCUT2D eigenvalue weighted by Gasteiger charge is -2.24. The second-order valence-electron chi connectivity index (χ2n) is 7.99. The van der Waals surface area contributed by atoms with Gasteiger partial charge in [-0.15, -0.1) is 0 Å². The molecule has 0 saturated carbocycles. The van der Waals surface area contributed by atoms with Gasteiger partial charge < -0.3 is 10.2 Å². The molecule has 1 aliphatic carbocycles. The number of carbonyl (C=O) groups is 2. The van der Waals surface area contributed by atoms with Crippen molar-refractivity contribution in [3.05, 3.63) is 39.4 Å². The minimum absolute atomic E-state index is 0.0129. The number of hydrogen-bond acceptors (Lipinski definition) is 6. The molecular formula is C20H23N3O4S. The number of nitro benzene ring substituents is 1. The minimum Gasteiger partial charge on any atom is -0.341 e. The average Bonchev–Trinajstić information content (AvgIpc) is 3.39. The second kappa shape index (κ2) is 7.67. The summed E-state index contributed by atoms with van der Waals surface area (Å²) in [5.41, 5.74) is 2.10. The average molecular weight is 401 g/mol. The Kier molecular flexibility index (Phi) is 5.25. The number of likely N-dealkylation sites (tertiary alicyclic amines) is 1. The summed E-state index contributed by atoms with van der Waals surface area (Å²) in [5, 5.41) is 14.1. The van der Waals surface area contributed by atoms with Crippen LogP contribution in [0.5, 0.6) is 0 Å². The molecule has 28 heavy (non-hydrogen) atoms. The Labute approximate surface area is 168 Å². The number of nitrogens with one attached hydrogen (secondary N) is 1. The van der Waals surface area contributed by atoms with Crippen LogP contribution in [-0.4, -0.2) is 52.1 Å². The third-order valence-electron chi connectivity index (χ3n) is 6.11. The predicted molar refractivity (Wildman–Crippen MR) is 107 cm³/mol. The largest absolute Gasteiger partial charge is 0.341 e. The molecular weight excluding hydrogens is 378 g/mol. The third-order valence-corrected chi connectivity index (χ3v) is 6.51. The van der Waals surface area contributed by atoms with Crippen molar-refractivity contribution in [1.82, 2.24) is 10.2 Å². The van der Waals surface area contributed by atoms with E-state index in [-0.39, 0.29) is 23.3 Å². The summed E-state index contributed by atoms with van der Waals surface area (Å²) in [6.45, 7) is 1.93. The van der Waals surface area contributed by atoms with Gasteiger partial charge in [-0.3, -0.25) is 19.7 Å². The van der Waals surface area contributed by atoms with Crippen LogP contribution in [0.4, 0.5) is 5.69 Å². The maximum atomic E-state index is 13.1. The SMILES string of the molecule is O=C(CC1Cc2ccc([N+](=O)[O-])cc2C1)C1C(=S)CN[C@@H]1C(=O)N1CCCC1. The van der Waals surface area contributed by atoms with Gasteiger partial charge in [0, 0.05) is 43.1 Å². The van der Waals surface area contributed by atoms with Crippen molar-refractivity contribution < 1.29 is 14.5 Å². The predicted octanol–water partition coefficient (Wildman–Crippen LogP) is 1.85. The van der Waals surface area contributed by atoms with Gasteiger partial charge in [-0.05, 0) is 42.7 Å². The highest BCUT2D eigenvalue weighted by molar-refractivity contribution is 7.80. The number of nitrogens with zero attached hydrogens (tertiary/aromatic N) is 2. The lowest BCUT2D eigenvalue weighted by molar-refractivity contribution is -0.384. The van der Waals surface area contributed by atoms with Crippen molar-refractivity contribution >= 4 is 34.5 Å². The molecule has 2 heterocycles. The molecule has 3 aliphatic rings. The molecule has 4 rings (SSSR count). The number of thiocarbonyl (C=S) groups is 1. The van der Waals surface area contributed by atoms with Crippen LogP contribution in [0.3, 0.4) is 0 Å². The number of carbonyl (C=O) groups excluding carboxylic acids is 2. The van der Waals surface area contributed by atoms with Crippen molar-refractivity contribution in [2.24, 2.45) is 11.8 Å². The number of amides is 1. The summed E-state index contributed by atoms with van der Waals surface area (Å²) in [6.07, 6.45) is 3.75. The van der Waals surface area contributed by atoms with Crippen molar-refractivity contribution in [2.45, 2.75) is 38.1 Å². The Bertz CT molecular complexity index is 850. The fourth-order valence-electron chi connectivity index (χ4n) is 4.72. The van der Waals surface area contributed by atoms with Crippen LogP contribution < -0.4 is 5.32 Å². The molecule has 0 aromatic heterocycles. The Balaban J connectivity index is 1.43. The number of ketones is 1. The lowest BCUT2D eigenvalue weighted by atomic mass is 9.87. The molecule has 1 aromatic carbocycles. The monoisotopic (exact) mass is 401 g/mol. The van der Waals surface area contributed by atoms with Crippen molar-refractivity contribution in [1.29, 1.82) is 0 Å². The summed E-state index contributed by atoms with van der Waals surface area (Å²) in [5.74, 6) is -0.433. The first-order chi connectivity index (χ1) is 13.4. The standard InChI is InChI=1S/C20H23N3O4S/c24-16(9-12-7-13-3-4-15(23(26)27)10-14(13)8-12)18-17(28)11-21-19(18)20(25)22-5-1-2-6-22/h3-4,10,12,18-19,21H,1-2,5-9,11H2/t12?,18?,19-/m0/s1. The van der Waals surface area contributed by atoms with Crippen molar-refractivity contribution in [3.8, 4) is 0 Å². The Morgan fingerprint density at radius 2 is 1.93 bits per heavy atom. The van der Waals surface area contributed by atoms with Crippen LogP contribution in [0, 0.1) is 22.0 Å². The first-order valence-corrected chi connectivity index (χ1v) is 10.2. The van der Waals surface area contributed by atoms with Crippen molar-refractivity contribution in [2.75, 3.05) is 19.6 Å². The Morgan fingerprint density at radius 3 is 2.64 bits per heavy atom. The fourth-order valence-corrected chi connectivity index (χ4v) is 5.07. The maximum Gasteiger partial charge on any atom is 0.269 e. The van der Waals surface area contributed by atoms with Gasteiger partial charge in [0.05, 0.1) is 10.8 Å². The first-order valence-electron chi connectivity index (χ1n) is 9.78. The molecule has 1 N–H and O–H groups in total. The fraction of sp³-hybridized carbons (Fsp3) is 0.550. The highest BCUT2D eigenvalue weighted by Gasteiger charge is 2.43. The van der Waals surface area contributed by atoms with E-state index < -0.39 is 16.9 Å². The van der Waals surface area contributed by atoms with Gasteiger partial charge in [-0.2, -0.15) is 0 Å². The van der Waals surface area contributed by atoms with E-state index in [9.17, 15) is 19.7 Å². The van der Waals surface area contributed by atoms with E-state index in [1.165, 1.54) is 6.07 Å². The van der Waals surface area contributed by atoms with Crippen LogP contribution >= 0.6 is 12.2 Å². The number of nitro groups is 1. The molecule has 2 unspecified atom stereocenters. The van der Waals surface area contributed by atoms with E-state index >= 15 is 0 Å². The quantitative estimate of drug-likeness (QED) is 0.460. The van der Waals surface area contributed by atoms with Crippen LogP contribution in [0.25, 0.3) is 0 Å². The number of benzene rings is 1. The first kappa shape index (κ1) is 19.1. The zero-order chi connectivity index (χ0) is 19.8. The van der Waals surface area contributed by atoms with E-state index in [1.807, 2.05) is 4.90 Å². The van der Waals surface area contributed by atoms with Crippen LogP contribution in [0.15, 0.2) is 18.2 Å². The molecule has 8 heteroatoms. The van der Waals surface area contributed by atoms with Crippen LogP contribution in [0.1, 0.15) is 30.4 Å². The summed E-state index contributed by atoms with van der Waals surface area (Å²) in [6, 6.07) is 4.38. The Hall–Kier alpha value is -2.19. The summed E-state index contributed by atoms with van der Waals surface area (Å²) >= 11 is 5.41. The summed E-state index contributed by atoms with van der Waals surface area (Å²) in [7, 11) is 0. The van der Waals surface area contributed by atoms with Crippen molar-refractivity contribution in [3.63, 3.8) is 0 Å². The van der Waals surface area contributed by atoms with Gasteiger partial charge in [0.25, 0.3) is 5.69 Å². The number of non-ortho nitro benzene ring substituents is 1. The molecule has 7 nitrogen and oxygen atoms in total. The van der Waals surface area contributed by atoms with Crippen LogP contribution in [0.2, 0.25) is 0 Å². The molecule has 0 bridgehead atoms. The van der Waals surface area contributed by atoms with E-state index in [2.05, 4.69) is 5.32 Å².